The van der Waals surface area contributed by atoms with Crippen LogP contribution in [0.15, 0.2) is 48.8 Å². The van der Waals surface area contributed by atoms with Crippen LogP contribution in [0.25, 0.3) is 22.7 Å². The van der Waals surface area contributed by atoms with Crippen LogP contribution in [0, 0.1) is 0 Å². The van der Waals surface area contributed by atoms with E-state index in [0.717, 1.165) is 36.7 Å². The Balaban J connectivity index is 1.89. The van der Waals surface area contributed by atoms with Gasteiger partial charge in [-0.3, -0.25) is 18.4 Å². The molecule has 0 amide bonds. The van der Waals surface area contributed by atoms with Crippen molar-refractivity contribution >= 4 is 22.6 Å². The standard InChI is InChI=1S/C24H26N4O2/c1-3-5-13-19(29)21-17-11-7-9-15-27(17)23(25-21)24-26-22(20(30)14-6-4-2)18-12-8-10-16-28(18)24/h7-12,15-16H,3-6,13-14H2,1-2H3. The largest absolute Gasteiger partial charge is 0.296 e. The Labute approximate surface area is 175 Å². The minimum absolute atomic E-state index is 0.0342. The predicted octanol–water partition coefficient (Wildman–Crippen LogP) is 5.39. The van der Waals surface area contributed by atoms with E-state index in [1.54, 1.807) is 0 Å². The Bertz CT molecular complexity index is 1120. The summed E-state index contributed by atoms with van der Waals surface area (Å²) in [5.74, 6) is 1.21. The number of hydrogen-bond donors (Lipinski definition) is 0. The van der Waals surface area contributed by atoms with Gasteiger partial charge in [0.2, 0.25) is 0 Å². The van der Waals surface area contributed by atoms with E-state index < -0.39 is 0 Å². The summed E-state index contributed by atoms with van der Waals surface area (Å²) in [6, 6.07) is 11.4. The number of imidazole rings is 2. The van der Waals surface area contributed by atoms with Crippen LogP contribution >= 0.6 is 0 Å². The van der Waals surface area contributed by atoms with Gasteiger partial charge in [-0.25, -0.2) is 9.97 Å². The van der Waals surface area contributed by atoms with Crippen molar-refractivity contribution in [1.82, 2.24) is 18.8 Å². The molecule has 4 aromatic rings. The topological polar surface area (TPSA) is 68.7 Å². The van der Waals surface area contributed by atoms with Gasteiger partial charge in [-0.2, -0.15) is 0 Å². The quantitative estimate of drug-likeness (QED) is 0.352. The smallest absolute Gasteiger partial charge is 0.183 e. The molecule has 0 N–H and O–H groups in total. The van der Waals surface area contributed by atoms with E-state index in [2.05, 4.69) is 13.8 Å². The van der Waals surface area contributed by atoms with Crippen molar-refractivity contribution in [2.24, 2.45) is 0 Å². The third-order valence-corrected chi connectivity index (χ3v) is 5.34. The van der Waals surface area contributed by atoms with Crippen molar-refractivity contribution in [2.75, 3.05) is 0 Å². The molecule has 0 saturated carbocycles. The first-order chi connectivity index (χ1) is 14.7. The minimum atomic E-state index is 0.0342. The van der Waals surface area contributed by atoms with E-state index in [9.17, 15) is 9.59 Å². The lowest BCUT2D eigenvalue weighted by Gasteiger charge is -2.00. The van der Waals surface area contributed by atoms with Crippen molar-refractivity contribution in [2.45, 2.75) is 52.4 Å². The number of aromatic nitrogens is 4. The Morgan fingerprint density at radius 1 is 0.733 bits per heavy atom. The van der Waals surface area contributed by atoms with Gasteiger partial charge in [0, 0.05) is 25.2 Å². The van der Waals surface area contributed by atoms with Gasteiger partial charge in [-0.05, 0) is 37.1 Å². The number of carbonyl (C=O) groups is 2. The molecule has 0 fully saturated rings. The maximum Gasteiger partial charge on any atom is 0.183 e. The number of carbonyl (C=O) groups excluding carboxylic acids is 2. The van der Waals surface area contributed by atoms with Gasteiger partial charge in [-0.1, -0.05) is 38.8 Å². The maximum atomic E-state index is 12.8. The van der Waals surface area contributed by atoms with Crippen LogP contribution in [0.4, 0.5) is 0 Å². The van der Waals surface area contributed by atoms with Crippen LogP contribution < -0.4 is 0 Å². The Morgan fingerprint density at radius 2 is 1.17 bits per heavy atom. The first kappa shape index (κ1) is 20.0. The summed E-state index contributed by atoms with van der Waals surface area (Å²) >= 11 is 0. The van der Waals surface area contributed by atoms with Crippen LogP contribution in [0.5, 0.6) is 0 Å². The van der Waals surface area contributed by atoms with E-state index in [1.165, 1.54) is 0 Å². The summed E-state index contributed by atoms with van der Waals surface area (Å²) in [7, 11) is 0. The van der Waals surface area contributed by atoms with E-state index in [-0.39, 0.29) is 11.6 Å². The molecule has 0 spiro atoms. The Kier molecular flexibility index (Phi) is 5.74. The Hall–Kier alpha value is -3.28. The Morgan fingerprint density at radius 3 is 1.57 bits per heavy atom. The third-order valence-electron chi connectivity index (χ3n) is 5.34. The number of hydrogen-bond acceptors (Lipinski definition) is 4. The van der Waals surface area contributed by atoms with Gasteiger partial charge in [-0.15, -0.1) is 0 Å². The second-order valence-electron chi connectivity index (χ2n) is 7.53. The highest BCUT2D eigenvalue weighted by molar-refractivity contribution is 6.03. The zero-order valence-electron chi connectivity index (χ0n) is 17.5. The number of nitrogens with zero attached hydrogens (tertiary/aromatic N) is 4. The van der Waals surface area contributed by atoms with E-state index in [4.69, 9.17) is 9.97 Å². The molecule has 0 aliphatic rings. The highest BCUT2D eigenvalue weighted by atomic mass is 16.1. The van der Waals surface area contributed by atoms with Crippen molar-refractivity contribution < 1.29 is 9.59 Å². The van der Waals surface area contributed by atoms with Crippen LogP contribution in [0.2, 0.25) is 0 Å². The molecule has 0 aliphatic heterocycles. The normalized spacial score (nSPS) is 11.4. The molecule has 154 valence electrons. The van der Waals surface area contributed by atoms with Crippen LogP contribution in [0.1, 0.15) is 73.3 Å². The zero-order chi connectivity index (χ0) is 21.1. The van der Waals surface area contributed by atoms with Crippen molar-refractivity contribution in [3.63, 3.8) is 0 Å². The molecule has 0 bridgehead atoms. The first-order valence-electron chi connectivity index (χ1n) is 10.7. The van der Waals surface area contributed by atoms with Crippen molar-refractivity contribution in [1.29, 1.82) is 0 Å². The van der Waals surface area contributed by atoms with Gasteiger partial charge in [0.25, 0.3) is 0 Å². The molecule has 0 aromatic carbocycles. The number of Topliss-reactive ketones (excluding diaryl/α,β-unsaturated/α-hetero) is 2. The summed E-state index contributed by atoms with van der Waals surface area (Å²) in [5, 5.41) is 0. The van der Waals surface area contributed by atoms with Gasteiger partial charge in [0.1, 0.15) is 11.4 Å². The second-order valence-corrected chi connectivity index (χ2v) is 7.53. The highest BCUT2D eigenvalue weighted by Crippen LogP contribution is 2.26. The van der Waals surface area contributed by atoms with E-state index in [0.29, 0.717) is 35.9 Å². The molecule has 6 nitrogen and oxygen atoms in total. The molecule has 0 atom stereocenters. The molecule has 0 aliphatic carbocycles. The summed E-state index contributed by atoms with van der Waals surface area (Å²) < 4.78 is 3.78. The lowest BCUT2D eigenvalue weighted by molar-refractivity contribution is 0.0969. The van der Waals surface area contributed by atoms with Gasteiger partial charge >= 0.3 is 0 Å². The van der Waals surface area contributed by atoms with Crippen molar-refractivity contribution in [3.8, 4) is 11.6 Å². The second kappa shape index (κ2) is 8.61. The monoisotopic (exact) mass is 402 g/mol. The molecule has 30 heavy (non-hydrogen) atoms. The van der Waals surface area contributed by atoms with Crippen LogP contribution in [-0.2, 0) is 0 Å². The fraction of sp³-hybridized carbons (Fsp3) is 0.333. The summed E-state index contributed by atoms with van der Waals surface area (Å²) in [6.45, 7) is 4.13. The molecule has 4 rings (SSSR count). The van der Waals surface area contributed by atoms with Gasteiger partial charge in [0.05, 0.1) is 11.0 Å². The third kappa shape index (κ3) is 3.54. The minimum Gasteiger partial charge on any atom is -0.296 e. The lowest BCUT2D eigenvalue weighted by atomic mass is 10.1. The predicted molar refractivity (Wildman–Crippen MR) is 117 cm³/mol. The highest BCUT2D eigenvalue weighted by Gasteiger charge is 2.23. The fourth-order valence-electron chi connectivity index (χ4n) is 3.71. The molecular weight excluding hydrogens is 376 g/mol. The molecule has 0 radical (unpaired) electrons. The number of rotatable bonds is 9. The molecule has 4 aromatic heterocycles. The average molecular weight is 402 g/mol. The van der Waals surface area contributed by atoms with Crippen molar-refractivity contribution in [3.05, 3.63) is 60.2 Å². The molecule has 6 heteroatoms. The fourth-order valence-corrected chi connectivity index (χ4v) is 3.71. The zero-order valence-corrected chi connectivity index (χ0v) is 17.5. The van der Waals surface area contributed by atoms with Crippen LogP contribution in [0.3, 0.4) is 0 Å². The molecule has 0 unspecified atom stereocenters. The van der Waals surface area contributed by atoms with Gasteiger partial charge < -0.3 is 0 Å². The summed E-state index contributed by atoms with van der Waals surface area (Å²) in [4.78, 5) is 35.0. The first-order valence-corrected chi connectivity index (χ1v) is 10.7. The number of ketones is 2. The average Bonchev–Trinajstić information content (AvgIpc) is 3.35. The SMILES string of the molecule is CCCCC(=O)c1nc(-c2nc(C(=O)CCCC)c3ccccn23)n2ccccc12. The van der Waals surface area contributed by atoms with E-state index in [1.807, 2.05) is 57.6 Å². The summed E-state index contributed by atoms with van der Waals surface area (Å²) in [5.41, 5.74) is 2.46. The molecular formula is C24H26N4O2. The number of pyridine rings is 2. The molecule has 4 heterocycles. The van der Waals surface area contributed by atoms with E-state index >= 15 is 0 Å². The lowest BCUT2D eigenvalue weighted by Crippen LogP contribution is -2.00. The molecule has 0 saturated heterocycles. The summed E-state index contributed by atoms with van der Waals surface area (Å²) in [6.07, 6.45) is 8.30. The van der Waals surface area contributed by atoms with Gasteiger partial charge in [0.15, 0.2) is 23.2 Å². The number of unbranched alkanes of at least 4 members (excludes halogenated alkanes) is 2. The van der Waals surface area contributed by atoms with Crippen LogP contribution in [-0.4, -0.2) is 30.3 Å². The maximum absolute atomic E-state index is 12.8. The number of fused-ring (bicyclic) bond motifs is 2.